The minimum atomic E-state index is 0.389. The Balaban J connectivity index is 1.89. The molecule has 0 heterocycles. The van der Waals surface area contributed by atoms with Crippen molar-refractivity contribution in [2.45, 2.75) is 18.9 Å². The van der Waals surface area contributed by atoms with Crippen molar-refractivity contribution in [3.05, 3.63) is 77.4 Å². The van der Waals surface area contributed by atoms with Crippen molar-refractivity contribution in [1.82, 2.24) is 0 Å². The molecule has 0 saturated heterocycles. The van der Waals surface area contributed by atoms with Gasteiger partial charge in [0.1, 0.15) is 12.4 Å². The highest BCUT2D eigenvalue weighted by molar-refractivity contribution is 6.18. The van der Waals surface area contributed by atoms with Gasteiger partial charge in [-0.05, 0) is 28.0 Å². The molecule has 0 radical (unpaired) electrons. The maximum atomic E-state index is 8.92. The van der Waals surface area contributed by atoms with Crippen LogP contribution in [-0.4, -0.2) is 0 Å². The lowest BCUT2D eigenvalue weighted by Gasteiger charge is -2.14. The number of fused-ring (bicyclic) bond motifs is 1. The molecule has 3 aromatic rings. The van der Waals surface area contributed by atoms with Crippen molar-refractivity contribution in [2.75, 3.05) is 0 Å². The molecule has 0 unspecified atom stereocenters. The molecule has 0 spiro atoms. The second kappa shape index (κ2) is 7.17. The van der Waals surface area contributed by atoms with Gasteiger partial charge in [0.25, 0.3) is 0 Å². The fourth-order valence-corrected chi connectivity index (χ4v) is 2.98. The fourth-order valence-electron chi connectivity index (χ4n) is 2.70. The zero-order chi connectivity index (χ0) is 16.1. The summed E-state index contributed by atoms with van der Waals surface area (Å²) in [6.07, 6.45) is 0.389. The first kappa shape index (κ1) is 15.4. The topological polar surface area (TPSA) is 33.0 Å². The van der Waals surface area contributed by atoms with Crippen LogP contribution in [0.5, 0.6) is 5.75 Å². The summed E-state index contributed by atoms with van der Waals surface area (Å²) in [5.41, 5.74) is 3.04. The van der Waals surface area contributed by atoms with Crippen LogP contribution in [0.1, 0.15) is 16.7 Å². The number of hydrogen-bond acceptors (Lipinski definition) is 2. The van der Waals surface area contributed by atoms with Gasteiger partial charge >= 0.3 is 0 Å². The zero-order valence-electron chi connectivity index (χ0n) is 12.6. The normalized spacial score (nSPS) is 10.4. The average Bonchev–Trinajstić information content (AvgIpc) is 2.60. The molecule has 3 aromatic carbocycles. The highest BCUT2D eigenvalue weighted by atomic mass is 35.5. The summed E-state index contributed by atoms with van der Waals surface area (Å²) < 4.78 is 6.02. The van der Waals surface area contributed by atoms with Gasteiger partial charge in [-0.3, -0.25) is 0 Å². The molecular formula is C20H16ClNO. The molecule has 0 N–H and O–H groups in total. The molecule has 0 fully saturated rings. The first-order chi connectivity index (χ1) is 11.3. The lowest BCUT2D eigenvalue weighted by Crippen LogP contribution is -2.01. The Morgan fingerprint density at radius 3 is 2.43 bits per heavy atom. The molecule has 0 bridgehead atoms. The molecule has 0 aliphatic rings. The van der Waals surface area contributed by atoms with Gasteiger partial charge in [0.2, 0.25) is 0 Å². The Morgan fingerprint density at radius 1 is 0.913 bits per heavy atom. The van der Waals surface area contributed by atoms with Gasteiger partial charge in [-0.25, -0.2) is 0 Å². The van der Waals surface area contributed by atoms with E-state index in [-0.39, 0.29) is 0 Å². The van der Waals surface area contributed by atoms with Gasteiger partial charge in [-0.1, -0.05) is 54.6 Å². The highest BCUT2D eigenvalue weighted by Gasteiger charge is 2.09. The predicted molar refractivity (Wildman–Crippen MR) is 93.6 cm³/mol. The summed E-state index contributed by atoms with van der Waals surface area (Å²) in [5, 5.41) is 11.2. The van der Waals surface area contributed by atoms with Gasteiger partial charge in [0.05, 0.1) is 18.4 Å². The molecule has 0 saturated carbocycles. The molecule has 2 nitrogen and oxygen atoms in total. The van der Waals surface area contributed by atoms with Crippen molar-refractivity contribution >= 4 is 22.4 Å². The lowest BCUT2D eigenvalue weighted by molar-refractivity contribution is 0.303. The Bertz CT molecular complexity index is 867. The zero-order valence-corrected chi connectivity index (χ0v) is 13.4. The van der Waals surface area contributed by atoms with Crippen molar-refractivity contribution in [3.63, 3.8) is 0 Å². The van der Waals surface area contributed by atoms with E-state index in [9.17, 15) is 0 Å². The minimum absolute atomic E-state index is 0.389. The third kappa shape index (κ3) is 3.31. The summed E-state index contributed by atoms with van der Waals surface area (Å²) in [7, 11) is 0. The summed E-state index contributed by atoms with van der Waals surface area (Å²) in [4.78, 5) is 0. The van der Waals surface area contributed by atoms with E-state index < -0.39 is 0 Å². The molecule has 0 aliphatic carbocycles. The molecule has 114 valence electrons. The van der Waals surface area contributed by atoms with Crippen LogP contribution in [0.15, 0.2) is 60.7 Å². The Labute approximate surface area is 140 Å². The summed E-state index contributed by atoms with van der Waals surface area (Å²) >= 11 is 6.15. The van der Waals surface area contributed by atoms with Crippen LogP contribution >= 0.6 is 11.6 Å². The second-order valence-electron chi connectivity index (χ2n) is 5.29. The number of hydrogen-bond donors (Lipinski definition) is 0. The van der Waals surface area contributed by atoms with E-state index in [1.165, 1.54) is 0 Å². The lowest BCUT2D eigenvalue weighted by atomic mass is 10.0. The fraction of sp³-hybridized carbons (Fsp3) is 0.150. The predicted octanol–water partition coefficient (Wildman–Crippen LogP) is 5.22. The third-order valence-corrected chi connectivity index (χ3v) is 4.17. The standard InChI is InChI=1S/C20H16ClNO/c21-13-19-18-8-4-3-6-16(18)9-10-20(19)23-14-17-7-2-1-5-15(17)11-12-22/h1-10H,11,13-14H2. The van der Waals surface area contributed by atoms with Gasteiger partial charge < -0.3 is 4.74 Å². The molecular weight excluding hydrogens is 306 g/mol. The second-order valence-corrected chi connectivity index (χ2v) is 5.56. The first-order valence-corrected chi connectivity index (χ1v) is 8.00. The van der Waals surface area contributed by atoms with Crippen LogP contribution in [0.2, 0.25) is 0 Å². The van der Waals surface area contributed by atoms with Gasteiger partial charge in [0, 0.05) is 5.56 Å². The van der Waals surface area contributed by atoms with Crippen molar-refractivity contribution < 1.29 is 4.74 Å². The number of halogens is 1. The average molecular weight is 322 g/mol. The van der Waals surface area contributed by atoms with Crippen molar-refractivity contribution in [1.29, 1.82) is 5.26 Å². The monoisotopic (exact) mass is 321 g/mol. The maximum Gasteiger partial charge on any atom is 0.124 e. The summed E-state index contributed by atoms with van der Waals surface area (Å²) in [5.74, 6) is 1.20. The van der Waals surface area contributed by atoms with E-state index in [0.717, 1.165) is 33.2 Å². The molecule has 23 heavy (non-hydrogen) atoms. The van der Waals surface area contributed by atoms with Gasteiger partial charge in [-0.2, -0.15) is 5.26 Å². The van der Waals surface area contributed by atoms with Gasteiger partial charge in [-0.15, -0.1) is 11.6 Å². The number of nitriles is 1. The van der Waals surface area contributed by atoms with Crippen LogP contribution in [-0.2, 0) is 18.9 Å². The SMILES string of the molecule is N#CCc1ccccc1COc1ccc2ccccc2c1CCl. The molecule has 3 heteroatoms. The number of benzene rings is 3. The third-order valence-electron chi connectivity index (χ3n) is 3.90. The van der Waals surface area contributed by atoms with Crippen molar-refractivity contribution in [3.8, 4) is 11.8 Å². The van der Waals surface area contributed by atoms with Crippen LogP contribution in [0.4, 0.5) is 0 Å². The molecule has 0 amide bonds. The number of rotatable bonds is 5. The van der Waals surface area contributed by atoms with Gasteiger partial charge in [0.15, 0.2) is 0 Å². The van der Waals surface area contributed by atoms with E-state index in [1.807, 2.05) is 48.5 Å². The Kier molecular flexibility index (Phi) is 4.80. The first-order valence-electron chi connectivity index (χ1n) is 7.46. The Morgan fingerprint density at radius 2 is 1.65 bits per heavy atom. The van der Waals surface area contributed by atoms with E-state index in [4.69, 9.17) is 21.6 Å². The molecule has 0 atom stereocenters. The van der Waals surface area contributed by atoms with Crippen molar-refractivity contribution in [2.24, 2.45) is 0 Å². The van der Waals surface area contributed by atoms with E-state index in [0.29, 0.717) is 18.9 Å². The minimum Gasteiger partial charge on any atom is -0.489 e. The van der Waals surface area contributed by atoms with E-state index in [2.05, 4.69) is 18.2 Å². The largest absolute Gasteiger partial charge is 0.489 e. The highest BCUT2D eigenvalue weighted by Crippen LogP contribution is 2.30. The number of ether oxygens (including phenoxy) is 1. The molecule has 3 rings (SSSR count). The molecule has 0 aromatic heterocycles. The smallest absolute Gasteiger partial charge is 0.124 e. The Hall–Kier alpha value is -2.50. The van der Waals surface area contributed by atoms with E-state index in [1.54, 1.807) is 0 Å². The van der Waals surface area contributed by atoms with Crippen LogP contribution in [0.25, 0.3) is 10.8 Å². The summed E-state index contributed by atoms with van der Waals surface area (Å²) in [6.45, 7) is 0.431. The van der Waals surface area contributed by atoms with E-state index >= 15 is 0 Å². The van der Waals surface area contributed by atoms with Crippen LogP contribution < -0.4 is 4.74 Å². The summed E-state index contributed by atoms with van der Waals surface area (Å²) in [6, 6.07) is 22.2. The molecule has 0 aliphatic heterocycles. The maximum absolute atomic E-state index is 8.92. The number of nitrogens with zero attached hydrogens (tertiary/aromatic N) is 1. The van der Waals surface area contributed by atoms with Crippen LogP contribution in [0, 0.1) is 11.3 Å². The number of alkyl halides is 1. The van der Waals surface area contributed by atoms with Crippen LogP contribution in [0.3, 0.4) is 0 Å². The quantitative estimate of drug-likeness (QED) is 0.603.